The van der Waals surface area contributed by atoms with Crippen LogP contribution in [0, 0.1) is 5.82 Å². The SMILES string of the molecule is Nc1c(C(=O)NCc2ccc(Br)cc2)ccc(Cl)c1F. The molecule has 0 saturated carbocycles. The van der Waals surface area contributed by atoms with Gasteiger partial charge >= 0.3 is 0 Å². The first-order chi connectivity index (χ1) is 9.49. The summed E-state index contributed by atoms with van der Waals surface area (Å²) in [4.78, 5) is 12.0. The van der Waals surface area contributed by atoms with Crippen molar-refractivity contribution in [1.82, 2.24) is 5.32 Å². The molecule has 0 radical (unpaired) electrons. The van der Waals surface area contributed by atoms with Crippen molar-refractivity contribution >= 4 is 39.1 Å². The fourth-order valence-corrected chi connectivity index (χ4v) is 2.07. The maximum absolute atomic E-state index is 13.5. The van der Waals surface area contributed by atoms with Crippen LogP contribution in [0.5, 0.6) is 0 Å². The third kappa shape index (κ3) is 3.29. The van der Waals surface area contributed by atoms with Crippen LogP contribution < -0.4 is 11.1 Å². The van der Waals surface area contributed by atoms with E-state index in [1.54, 1.807) is 0 Å². The highest BCUT2D eigenvalue weighted by molar-refractivity contribution is 9.10. The van der Waals surface area contributed by atoms with Crippen molar-refractivity contribution in [3.8, 4) is 0 Å². The summed E-state index contributed by atoms with van der Waals surface area (Å²) in [6.45, 7) is 0.329. The van der Waals surface area contributed by atoms with Gasteiger partial charge in [-0.05, 0) is 29.8 Å². The van der Waals surface area contributed by atoms with E-state index >= 15 is 0 Å². The third-order valence-electron chi connectivity index (χ3n) is 2.74. The van der Waals surface area contributed by atoms with Crippen molar-refractivity contribution in [3.05, 3.63) is 62.8 Å². The summed E-state index contributed by atoms with van der Waals surface area (Å²) in [5.74, 6) is -1.22. The van der Waals surface area contributed by atoms with Crippen molar-refractivity contribution < 1.29 is 9.18 Å². The zero-order valence-electron chi connectivity index (χ0n) is 10.3. The molecule has 0 saturated heterocycles. The van der Waals surface area contributed by atoms with Crippen LogP contribution in [0.15, 0.2) is 40.9 Å². The number of benzene rings is 2. The Kier molecular flexibility index (Phi) is 4.62. The molecule has 0 atom stereocenters. The second-order valence-corrected chi connectivity index (χ2v) is 5.45. The topological polar surface area (TPSA) is 55.1 Å². The number of anilines is 1. The third-order valence-corrected chi connectivity index (χ3v) is 3.56. The average Bonchev–Trinajstić information content (AvgIpc) is 2.44. The molecular formula is C14H11BrClFN2O. The van der Waals surface area contributed by atoms with Gasteiger partial charge in [-0.15, -0.1) is 0 Å². The van der Waals surface area contributed by atoms with Crippen LogP contribution in [0.3, 0.4) is 0 Å². The lowest BCUT2D eigenvalue weighted by Crippen LogP contribution is -2.24. The lowest BCUT2D eigenvalue weighted by atomic mass is 10.1. The van der Waals surface area contributed by atoms with Crippen molar-refractivity contribution in [2.75, 3.05) is 5.73 Å². The first kappa shape index (κ1) is 14.8. The Hall–Kier alpha value is -1.59. The van der Waals surface area contributed by atoms with Crippen LogP contribution >= 0.6 is 27.5 Å². The highest BCUT2D eigenvalue weighted by Gasteiger charge is 2.15. The van der Waals surface area contributed by atoms with Crippen molar-refractivity contribution in [2.24, 2.45) is 0 Å². The summed E-state index contributed by atoms with van der Waals surface area (Å²) in [7, 11) is 0. The zero-order valence-corrected chi connectivity index (χ0v) is 12.6. The first-order valence-electron chi connectivity index (χ1n) is 5.75. The molecule has 1 amide bonds. The molecule has 6 heteroatoms. The molecule has 0 spiro atoms. The Labute approximate surface area is 129 Å². The molecule has 0 fully saturated rings. The highest BCUT2D eigenvalue weighted by atomic mass is 79.9. The van der Waals surface area contributed by atoms with Gasteiger partial charge in [-0.3, -0.25) is 4.79 Å². The normalized spacial score (nSPS) is 10.3. The largest absolute Gasteiger partial charge is 0.396 e. The Balaban J connectivity index is 2.09. The van der Waals surface area contributed by atoms with Crippen LogP contribution in [-0.2, 0) is 6.54 Å². The maximum Gasteiger partial charge on any atom is 0.253 e. The smallest absolute Gasteiger partial charge is 0.253 e. The van der Waals surface area contributed by atoms with Gasteiger partial charge in [-0.2, -0.15) is 0 Å². The standard InChI is InChI=1S/C14H11BrClFN2O/c15-9-3-1-8(2-4-9)7-19-14(20)10-5-6-11(16)12(17)13(10)18/h1-6H,7,18H2,(H,19,20). The molecule has 3 N–H and O–H groups in total. The second-order valence-electron chi connectivity index (χ2n) is 4.13. The molecular weight excluding hydrogens is 347 g/mol. The van der Waals surface area contributed by atoms with Gasteiger partial charge in [-0.1, -0.05) is 39.7 Å². The predicted octanol–water partition coefficient (Wildman–Crippen LogP) is 3.75. The molecule has 0 unspecified atom stereocenters. The van der Waals surface area contributed by atoms with Gasteiger partial charge in [0, 0.05) is 11.0 Å². The minimum absolute atomic E-state index is 0.0732. The van der Waals surface area contributed by atoms with E-state index in [-0.39, 0.29) is 16.3 Å². The average molecular weight is 358 g/mol. The first-order valence-corrected chi connectivity index (χ1v) is 6.92. The fourth-order valence-electron chi connectivity index (χ4n) is 1.64. The van der Waals surface area contributed by atoms with Gasteiger partial charge in [-0.25, -0.2) is 4.39 Å². The number of nitrogens with one attached hydrogen (secondary N) is 1. The van der Waals surface area contributed by atoms with E-state index in [1.165, 1.54) is 12.1 Å². The van der Waals surface area contributed by atoms with E-state index in [9.17, 15) is 9.18 Å². The minimum Gasteiger partial charge on any atom is -0.396 e. The molecule has 0 aliphatic heterocycles. The Morgan fingerprint density at radius 3 is 2.55 bits per heavy atom. The van der Waals surface area contributed by atoms with Crippen molar-refractivity contribution in [3.63, 3.8) is 0 Å². The van der Waals surface area contributed by atoms with Crippen LogP contribution in [0.4, 0.5) is 10.1 Å². The van der Waals surface area contributed by atoms with Crippen molar-refractivity contribution in [2.45, 2.75) is 6.54 Å². The Bertz CT molecular complexity index is 646. The van der Waals surface area contributed by atoms with Gasteiger partial charge in [0.05, 0.1) is 16.3 Å². The fraction of sp³-hybridized carbons (Fsp3) is 0.0714. The summed E-state index contributed by atoms with van der Waals surface area (Å²) in [5.41, 5.74) is 6.30. The molecule has 2 aromatic rings. The van der Waals surface area contributed by atoms with Crippen LogP contribution in [0.25, 0.3) is 0 Å². The number of nitrogens with two attached hydrogens (primary N) is 1. The van der Waals surface area contributed by atoms with Crippen LogP contribution in [-0.4, -0.2) is 5.91 Å². The second kappa shape index (κ2) is 6.24. The maximum atomic E-state index is 13.5. The number of carbonyl (C=O) groups excluding carboxylic acids is 1. The monoisotopic (exact) mass is 356 g/mol. The number of carbonyl (C=O) groups is 1. The zero-order chi connectivity index (χ0) is 14.7. The minimum atomic E-state index is -0.775. The molecule has 0 aliphatic rings. The summed E-state index contributed by atoms with van der Waals surface area (Å²) >= 11 is 8.92. The van der Waals surface area contributed by atoms with E-state index in [0.29, 0.717) is 6.54 Å². The van der Waals surface area contributed by atoms with E-state index in [2.05, 4.69) is 21.2 Å². The molecule has 0 bridgehead atoms. The summed E-state index contributed by atoms with van der Waals surface area (Å²) in [5, 5.41) is 2.57. The molecule has 2 aromatic carbocycles. The predicted molar refractivity (Wildman–Crippen MR) is 81.1 cm³/mol. The number of nitrogen functional groups attached to an aromatic ring is 1. The molecule has 0 heterocycles. The number of rotatable bonds is 3. The van der Waals surface area contributed by atoms with Gasteiger partial charge < -0.3 is 11.1 Å². The van der Waals surface area contributed by atoms with Crippen molar-refractivity contribution in [1.29, 1.82) is 0 Å². The summed E-state index contributed by atoms with van der Waals surface area (Å²) in [6, 6.07) is 10.2. The molecule has 0 aromatic heterocycles. The lowest BCUT2D eigenvalue weighted by Gasteiger charge is -2.09. The quantitative estimate of drug-likeness (QED) is 0.822. The van der Waals surface area contributed by atoms with E-state index in [1.807, 2.05) is 24.3 Å². The molecule has 2 rings (SSSR count). The van der Waals surface area contributed by atoms with Gasteiger partial charge in [0.25, 0.3) is 5.91 Å². The highest BCUT2D eigenvalue weighted by Crippen LogP contribution is 2.23. The van der Waals surface area contributed by atoms with Gasteiger partial charge in [0.1, 0.15) is 0 Å². The molecule has 3 nitrogen and oxygen atoms in total. The van der Waals surface area contributed by atoms with Crippen LogP contribution in [0.2, 0.25) is 5.02 Å². The number of hydrogen-bond acceptors (Lipinski definition) is 2. The van der Waals surface area contributed by atoms with E-state index in [4.69, 9.17) is 17.3 Å². The Morgan fingerprint density at radius 2 is 1.90 bits per heavy atom. The Morgan fingerprint density at radius 1 is 1.25 bits per heavy atom. The van der Waals surface area contributed by atoms with Gasteiger partial charge in [0.2, 0.25) is 0 Å². The van der Waals surface area contributed by atoms with E-state index < -0.39 is 11.7 Å². The molecule has 104 valence electrons. The summed E-state index contributed by atoms with van der Waals surface area (Å²) in [6.07, 6.45) is 0. The van der Waals surface area contributed by atoms with Crippen LogP contribution in [0.1, 0.15) is 15.9 Å². The van der Waals surface area contributed by atoms with E-state index in [0.717, 1.165) is 10.0 Å². The number of hydrogen-bond donors (Lipinski definition) is 2. The summed E-state index contributed by atoms with van der Waals surface area (Å²) < 4.78 is 14.5. The number of halogens is 3. The molecule has 20 heavy (non-hydrogen) atoms. The number of amides is 1. The lowest BCUT2D eigenvalue weighted by molar-refractivity contribution is 0.0951. The molecule has 0 aliphatic carbocycles. The van der Waals surface area contributed by atoms with Gasteiger partial charge in [0.15, 0.2) is 5.82 Å².